The van der Waals surface area contributed by atoms with Crippen LogP contribution in [0.15, 0.2) is 41.3 Å². The lowest BCUT2D eigenvalue weighted by atomic mass is 9.92. The van der Waals surface area contributed by atoms with Crippen molar-refractivity contribution < 1.29 is 27.1 Å². The number of halogens is 3. The molecular weight excluding hydrogens is 470 g/mol. The highest BCUT2D eigenvalue weighted by Crippen LogP contribution is 2.36. The molecule has 0 bridgehead atoms. The predicted octanol–water partition coefficient (Wildman–Crippen LogP) is 3.64. The number of nitrogens with zero attached hydrogens (tertiary/aromatic N) is 2. The average molecular weight is 487 g/mol. The monoisotopic (exact) mass is 486 g/mol. The fraction of sp³-hybridized carbons (Fsp3) is 0.300. The first-order chi connectivity index (χ1) is 14.7. The van der Waals surface area contributed by atoms with E-state index in [0.29, 0.717) is 0 Å². The number of benzene rings is 2. The smallest absolute Gasteiger partial charge is 0.312 e. The second-order valence-corrected chi connectivity index (χ2v) is 9.34. The Balaban J connectivity index is 1.85. The van der Waals surface area contributed by atoms with E-state index in [1.807, 2.05) is 0 Å². The van der Waals surface area contributed by atoms with E-state index in [1.54, 1.807) is 13.0 Å². The third kappa shape index (κ3) is 4.77. The molecule has 31 heavy (non-hydrogen) atoms. The number of hydrogen-bond acceptors (Lipinski definition) is 6. The highest BCUT2D eigenvalue weighted by atomic mass is 35.5. The molecule has 2 aromatic carbocycles. The standard InChI is InChI=1S/C20H17Cl2FN2O5S/c1-2-29-20(26)15-10-25(31(27,28)19-6-4-13(21)7-16(19)22)18(15)11-30-14-5-3-12(9-24)17(23)8-14/h3-8,15,18H,2,10-11H2,1H3. The Labute approximate surface area is 188 Å². The van der Waals surface area contributed by atoms with Crippen LogP contribution >= 0.6 is 23.2 Å². The molecular formula is C20H17Cl2FN2O5S. The number of rotatable bonds is 7. The maximum Gasteiger partial charge on any atom is 0.312 e. The number of ether oxygens (including phenoxy) is 2. The molecule has 1 aliphatic heterocycles. The van der Waals surface area contributed by atoms with Crippen molar-refractivity contribution in [1.82, 2.24) is 4.31 Å². The molecule has 0 N–H and O–H groups in total. The van der Waals surface area contributed by atoms with Gasteiger partial charge in [0.15, 0.2) is 0 Å². The zero-order chi connectivity index (χ0) is 22.8. The van der Waals surface area contributed by atoms with Gasteiger partial charge in [0.1, 0.15) is 29.1 Å². The molecule has 2 atom stereocenters. The van der Waals surface area contributed by atoms with Crippen molar-refractivity contribution in [3.63, 3.8) is 0 Å². The van der Waals surface area contributed by atoms with Crippen LogP contribution in [0.4, 0.5) is 4.39 Å². The summed E-state index contributed by atoms with van der Waals surface area (Å²) in [4.78, 5) is 12.1. The Morgan fingerprint density at radius 1 is 1.29 bits per heavy atom. The summed E-state index contributed by atoms with van der Waals surface area (Å²) >= 11 is 11.9. The number of carbonyl (C=O) groups is 1. The highest BCUT2D eigenvalue weighted by molar-refractivity contribution is 7.89. The minimum Gasteiger partial charge on any atom is -0.492 e. The second-order valence-electron chi connectivity index (χ2n) is 6.64. The zero-order valence-electron chi connectivity index (χ0n) is 16.2. The summed E-state index contributed by atoms with van der Waals surface area (Å²) in [7, 11) is -4.07. The van der Waals surface area contributed by atoms with Crippen LogP contribution < -0.4 is 4.74 Å². The largest absolute Gasteiger partial charge is 0.492 e. The van der Waals surface area contributed by atoms with Gasteiger partial charge in [-0.2, -0.15) is 9.57 Å². The minimum absolute atomic E-state index is 0.0547. The first-order valence-electron chi connectivity index (χ1n) is 9.15. The lowest BCUT2D eigenvalue weighted by Gasteiger charge is -2.44. The third-order valence-corrected chi connectivity index (χ3v) is 7.37. The van der Waals surface area contributed by atoms with E-state index in [9.17, 15) is 17.6 Å². The maximum atomic E-state index is 13.8. The van der Waals surface area contributed by atoms with Crippen LogP contribution in [0.2, 0.25) is 10.0 Å². The van der Waals surface area contributed by atoms with Gasteiger partial charge in [-0.1, -0.05) is 23.2 Å². The van der Waals surface area contributed by atoms with E-state index in [0.717, 1.165) is 10.4 Å². The summed E-state index contributed by atoms with van der Waals surface area (Å²) < 4.78 is 51.7. The highest BCUT2D eigenvalue weighted by Gasteiger charge is 2.51. The first-order valence-corrected chi connectivity index (χ1v) is 11.3. The molecule has 1 heterocycles. The van der Waals surface area contributed by atoms with Crippen LogP contribution in [0, 0.1) is 23.1 Å². The minimum atomic E-state index is -4.07. The van der Waals surface area contributed by atoms with Crippen LogP contribution in [0.5, 0.6) is 5.75 Å². The fourth-order valence-electron chi connectivity index (χ4n) is 3.14. The Morgan fingerprint density at radius 3 is 2.65 bits per heavy atom. The number of carbonyl (C=O) groups excluding carboxylic acids is 1. The van der Waals surface area contributed by atoms with Gasteiger partial charge in [-0.3, -0.25) is 4.79 Å². The lowest BCUT2D eigenvalue weighted by Crippen LogP contribution is -2.63. The topological polar surface area (TPSA) is 96.7 Å². The number of sulfonamides is 1. The van der Waals surface area contributed by atoms with Crippen molar-refractivity contribution in [2.45, 2.75) is 17.9 Å². The van der Waals surface area contributed by atoms with Gasteiger partial charge in [0.05, 0.1) is 29.2 Å². The van der Waals surface area contributed by atoms with E-state index >= 15 is 0 Å². The summed E-state index contributed by atoms with van der Waals surface area (Å²) in [6, 6.07) is 8.44. The van der Waals surface area contributed by atoms with E-state index in [1.165, 1.54) is 30.3 Å². The van der Waals surface area contributed by atoms with Crippen LogP contribution in [0.1, 0.15) is 12.5 Å². The SMILES string of the molecule is CCOC(=O)C1CN(S(=O)(=O)c2ccc(Cl)cc2Cl)C1COc1ccc(C#N)c(F)c1. The molecule has 3 rings (SSSR count). The number of nitriles is 1. The molecule has 1 aliphatic rings. The Morgan fingerprint density at radius 2 is 2.03 bits per heavy atom. The molecule has 0 aliphatic carbocycles. The van der Waals surface area contributed by atoms with E-state index < -0.39 is 33.8 Å². The van der Waals surface area contributed by atoms with Crippen molar-refractivity contribution in [2.24, 2.45) is 5.92 Å². The molecule has 1 fully saturated rings. The summed E-state index contributed by atoms with van der Waals surface area (Å²) in [5.41, 5.74) is -0.151. The molecule has 0 aromatic heterocycles. The fourth-order valence-corrected chi connectivity index (χ4v) is 5.56. The molecule has 0 spiro atoms. The Kier molecular flexibility index (Phi) is 7.06. The molecule has 2 unspecified atom stereocenters. The van der Waals surface area contributed by atoms with Crippen LogP contribution in [0.25, 0.3) is 0 Å². The normalized spacial score (nSPS) is 18.7. The van der Waals surface area contributed by atoms with Gasteiger partial charge in [0.2, 0.25) is 10.0 Å². The van der Waals surface area contributed by atoms with Gasteiger partial charge in [-0.15, -0.1) is 0 Å². The second kappa shape index (κ2) is 9.40. The molecule has 7 nitrogen and oxygen atoms in total. The van der Waals surface area contributed by atoms with Crippen molar-refractivity contribution in [2.75, 3.05) is 19.8 Å². The van der Waals surface area contributed by atoms with Gasteiger partial charge in [-0.25, -0.2) is 12.8 Å². The summed E-state index contributed by atoms with van der Waals surface area (Å²) in [5.74, 6) is -2.00. The van der Waals surface area contributed by atoms with Gasteiger partial charge in [0.25, 0.3) is 0 Å². The molecule has 1 saturated heterocycles. The van der Waals surface area contributed by atoms with E-state index in [4.69, 9.17) is 37.9 Å². The van der Waals surface area contributed by atoms with Crippen molar-refractivity contribution >= 4 is 39.2 Å². The molecule has 11 heteroatoms. The number of esters is 1. The first kappa shape index (κ1) is 23.3. The van der Waals surface area contributed by atoms with Crippen LogP contribution in [-0.2, 0) is 19.6 Å². The molecule has 164 valence electrons. The quantitative estimate of drug-likeness (QED) is 0.554. The maximum absolute atomic E-state index is 13.8. The zero-order valence-corrected chi connectivity index (χ0v) is 18.5. The lowest BCUT2D eigenvalue weighted by molar-refractivity contribution is -0.156. The Hall–Kier alpha value is -2.38. The summed E-state index contributed by atoms with van der Waals surface area (Å²) in [6.07, 6.45) is 0. The molecule has 0 radical (unpaired) electrons. The third-order valence-electron chi connectivity index (χ3n) is 4.76. The van der Waals surface area contributed by atoms with Crippen molar-refractivity contribution in [3.8, 4) is 11.8 Å². The van der Waals surface area contributed by atoms with Crippen molar-refractivity contribution in [1.29, 1.82) is 5.26 Å². The van der Waals surface area contributed by atoms with Crippen LogP contribution in [-0.4, -0.2) is 44.5 Å². The van der Waals surface area contributed by atoms with Gasteiger partial charge in [-0.05, 0) is 37.3 Å². The Bertz CT molecular complexity index is 1150. The van der Waals surface area contributed by atoms with Gasteiger partial charge >= 0.3 is 5.97 Å². The summed E-state index contributed by atoms with van der Waals surface area (Å²) in [5, 5.41) is 9.04. The average Bonchev–Trinajstić information content (AvgIpc) is 2.67. The van der Waals surface area contributed by atoms with Crippen LogP contribution in [0.3, 0.4) is 0 Å². The predicted molar refractivity (Wildman–Crippen MR) is 111 cm³/mol. The van der Waals surface area contributed by atoms with Gasteiger partial charge < -0.3 is 9.47 Å². The van der Waals surface area contributed by atoms with Gasteiger partial charge in [0, 0.05) is 17.6 Å². The molecule has 0 saturated carbocycles. The van der Waals surface area contributed by atoms with E-state index in [-0.39, 0.29) is 46.0 Å². The molecule has 2 aromatic rings. The summed E-state index contributed by atoms with van der Waals surface area (Å²) in [6.45, 7) is 1.43. The number of hydrogen-bond donors (Lipinski definition) is 0. The van der Waals surface area contributed by atoms with E-state index in [2.05, 4.69) is 0 Å². The van der Waals surface area contributed by atoms with Crippen molar-refractivity contribution in [3.05, 3.63) is 57.8 Å². The molecule has 0 amide bonds.